The number of aliphatic hydroxyl groups is 1. The quantitative estimate of drug-likeness (QED) is 0.555. The number of carbonyl (C=O) groups is 1. The molecule has 2 aliphatic rings. The molecule has 0 saturated carbocycles. The van der Waals surface area contributed by atoms with Crippen LogP contribution in [0.2, 0.25) is 5.02 Å². The van der Waals surface area contributed by atoms with Crippen LogP contribution in [0.4, 0.5) is 0 Å². The minimum atomic E-state index is -0.743. The first-order chi connectivity index (χ1) is 14.5. The lowest BCUT2D eigenvalue weighted by Gasteiger charge is -2.20. The molecule has 4 heterocycles. The van der Waals surface area contributed by atoms with Crippen molar-refractivity contribution in [2.45, 2.75) is 56.5 Å². The highest BCUT2D eigenvalue weighted by molar-refractivity contribution is 6.31. The van der Waals surface area contributed by atoms with E-state index in [1.54, 1.807) is 24.7 Å². The highest BCUT2D eigenvalue weighted by Gasteiger charge is 2.50. The van der Waals surface area contributed by atoms with Gasteiger partial charge in [-0.1, -0.05) is 11.6 Å². The van der Waals surface area contributed by atoms with Crippen molar-refractivity contribution in [3.63, 3.8) is 0 Å². The van der Waals surface area contributed by atoms with Crippen LogP contribution in [0.5, 0.6) is 0 Å². The summed E-state index contributed by atoms with van der Waals surface area (Å²) in [5.41, 5.74) is 0.889. The van der Waals surface area contributed by atoms with Crippen molar-refractivity contribution in [1.29, 1.82) is 0 Å². The van der Waals surface area contributed by atoms with E-state index in [1.807, 2.05) is 17.8 Å². The van der Waals surface area contributed by atoms with E-state index in [4.69, 9.17) is 21.1 Å². The lowest BCUT2D eigenvalue weighted by atomic mass is 10.1. The van der Waals surface area contributed by atoms with Crippen LogP contribution >= 0.6 is 11.6 Å². The largest absolute Gasteiger partial charge is 0.388 e. The zero-order valence-electron chi connectivity index (χ0n) is 16.7. The van der Waals surface area contributed by atoms with Gasteiger partial charge in [0.05, 0.1) is 31.3 Å². The molecule has 2 aromatic rings. The number of aryl methyl sites for hydroxylation is 1. The number of carbonyl (C=O) groups excluding carboxylic acids is 1. The predicted octanol–water partition coefficient (Wildman–Crippen LogP) is 0.550. The van der Waals surface area contributed by atoms with Gasteiger partial charge in [0.1, 0.15) is 18.0 Å². The van der Waals surface area contributed by atoms with Crippen molar-refractivity contribution in [1.82, 2.24) is 25.2 Å². The fourth-order valence-corrected chi connectivity index (χ4v) is 4.09. The van der Waals surface area contributed by atoms with Gasteiger partial charge in [-0.2, -0.15) is 0 Å². The molecule has 162 valence electrons. The Morgan fingerprint density at radius 2 is 2.23 bits per heavy atom. The number of pyridine rings is 1. The van der Waals surface area contributed by atoms with Gasteiger partial charge in [-0.3, -0.25) is 9.78 Å². The predicted molar refractivity (Wildman–Crippen MR) is 109 cm³/mol. The van der Waals surface area contributed by atoms with Crippen LogP contribution in [0.3, 0.4) is 0 Å². The van der Waals surface area contributed by atoms with Crippen LogP contribution in [0.1, 0.15) is 24.2 Å². The molecule has 3 N–H and O–H groups in total. The SMILES string of the molecule is Cn1ccnc1CNC(=O)C[C@@H]1C[C@H]2O[C@H](CNCc3cnccc3Cl)[C@@H](O)[C@H]2O1. The van der Waals surface area contributed by atoms with Gasteiger partial charge in [0.15, 0.2) is 0 Å². The first-order valence-electron chi connectivity index (χ1n) is 10.0. The van der Waals surface area contributed by atoms with Crippen LogP contribution in [0.25, 0.3) is 0 Å². The topological polar surface area (TPSA) is 111 Å². The Morgan fingerprint density at radius 1 is 1.37 bits per heavy atom. The molecule has 2 aromatic heterocycles. The summed E-state index contributed by atoms with van der Waals surface area (Å²) in [6.07, 6.45) is 5.70. The molecule has 0 bridgehead atoms. The van der Waals surface area contributed by atoms with Crippen molar-refractivity contribution >= 4 is 17.5 Å². The molecule has 0 aliphatic carbocycles. The van der Waals surface area contributed by atoms with E-state index in [0.717, 1.165) is 11.4 Å². The summed E-state index contributed by atoms with van der Waals surface area (Å²) in [5.74, 6) is 0.679. The number of fused-ring (bicyclic) bond motifs is 1. The van der Waals surface area contributed by atoms with Gasteiger partial charge < -0.3 is 29.8 Å². The Labute approximate surface area is 179 Å². The molecule has 5 atom stereocenters. The average Bonchev–Trinajstić information content (AvgIpc) is 3.38. The van der Waals surface area contributed by atoms with E-state index in [0.29, 0.717) is 31.1 Å². The first-order valence-corrected chi connectivity index (χ1v) is 10.4. The number of ether oxygens (including phenoxy) is 2. The maximum Gasteiger partial charge on any atom is 0.222 e. The van der Waals surface area contributed by atoms with E-state index in [2.05, 4.69) is 20.6 Å². The third-order valence-corrected chi connectivity index (χ3v) is 5.93. The number of amides is 1. The second kappa shape index (κ2) is 9.40. The van der Waals surface area contributed by atoms with E-state index in [1.165, 1.54) is 0 Å². The Hall–Kier alpha value is -2.04. The molecule has 4 rings (SSSR count). The second-order valence-electron chi connectivity index (χ2n) is 7.70. The number of nitrogens with one attached hydrogen (secondary N) is 2. The molecule has 0 spiro atoms. The number of nitrogens with zero attached hydrogens (tertiary/aromatic N) is 3. The van der Waals surface area contributed by atoms with Gasteiger partial charge in [-0.05, 0) is 6.07 Å². The second-order valence-corrected chi connectivity index (χ2v) is 8.10. The minimum Gasteiger partial charge on any atom is -0.388 e. The highest BCUT2D eigenvalue weighted by atomic mass is 35.5. The monoisotopic (exact) mass is 435 g/mol. The number of rotatable bonds is 8. The molecular weight excluding hydrogens is 410 g/mol. The summed E-state index contributed by atoms with van der Waals surface area (Å²) < 4.78 is 13.8. The van der Waals surface area contributed by atoms with Gasteiger partial charge in [0.2, 0.25) is 5.91 Å². The molecule has 0 unspecified atom stereocenters. The van der Waals surface area contributed by atoms with Crippen molar-refractivity contribution < 1.29 is 19.4 Å². The van der Waals surface area contributed by atoms with E-state index in [9.17, 15) is 9.90 Å². The third-order valence-electron chi connectivity index (χ3n) is 5.56. The van der Waals surface area contributed by atoms with Crippen LogP contribution in [-0.4, -0.2) is 62.6 Å². The maximum atomic E-state index is 12.2. The Morgan fingerprint density at radius 3 is 2.97 bits per heavy atom. The van der Waals surface area contributed by atoms with Crippen LogP contribution < -0.4 is 10.6 Å². The fraction of sp³-hybridized carbons (Fsp3) is 0.550. The molecular formula is C20H26ClN5O4. The number of hydrogen-bond donors (Lipinski definition) is 3. The van der Waals surface area contributed by atoms with Gasteiger partial charge in [0, 0.05) is 61.9 Å². The number of aromatic nitrogens is 3. The molecule has 2 aliphatic heterocycles. The van der Waals surface area contributed by atoms with Crippen molar-refractivity contribution in [3.8, 4) is 0 Å². The van der Waals surface area contributed by atoms with E-state index in [-0.39, 0.29) is 30.6 Å². The summed E-state index contributed by atoms with van der Waals surface area (Å²) in [4.78, 5) is 20.5. The zero-order chi connectivity index (χ0) is 21.1. The molecule has 30 heavy (non-hydrogen) atoms. The van der Waals surface area contributed by atoms with Gasteiger partial charge in [0.25, 0.3) is 0 Å². The smallest absolute Gasteiger partial charge is 0.222 e. The lowest BCUT2D eigenvalue weighted by Crippen LogP contribution is -2.39. The number of imidazole rings is 1. The fourth-order valence-electron chi connectivity index (χ4n) is 3.92. The maximum absolute atomic E-state index is 12.2. The van der Waals surface area contributed by atoms with Gasteiger partial charge >= 0.3 is 0 Å². The first kappa shape index (κ1) is 21.2. The van der Waals surface area contributed by atoms with Crippen molar-refractivity contribution in [2.24, 2.45) is 7.05 Å². The molecule has 9 nitrogen and oxygen atoms in total. The summed E-state index contributed by atoms with van der Waals surface area (Å²) in [5, 5.41) is 17.3. The number of hydrogen-bond acceptors (Lipinski definition) is 7. The lowest BCUT2D eigenvalue weighted by molar-refractivity contribution is -0.125. The van der Waals surface area contributed by atoms with E-state index < -0.39 is 12.2 Å². The van der Waals surface area contributed by atoms with Gasteiger partial charge in [-0.25, -0.2) is 4.98 Å². The summed E-state index contributed by atoms with van der Waals surface area (Å²) in [6.45, 7) is 1.38. The van der Waals surface area contributed by atoms with Gasteiger partial charge in [-0.15, -0.1) is 0 Å². The van der Waals surface area contributed by atoms with Crippen LogP contribution in [0.15, 0.2) is 30.9 Å². The minimum absolute atomic E-state index is 0.107. The van der Waals surface area contributed by atoms with Crippen molar-refractivity contribution in [3.05, 3.63) is 47.3 Å². The normalized spacial score (nSPS) is 27.9. The van der Waals surface area contributed by atoms with E-state index >= 15 is 0 Å². The molecule has 2 saturated heterocycles. The summed E-state index contributed by atoms with van der Waals surface area (Å²) in [7, 11) is 1.88. The summed E-state index contributed by atoms with van der Waals surface area (Å²) in [6, 6.07) is 1.74. The van der Waals surface area contributed by atoms with Crippen LogP contribution in [-0.2, 0) is 34.4 Å². The molecule has 0 aromatic carbocycles. The average molecular weight is 436 g/mol. The zero-order valence-corrected chi connectivity index (χ0v) is 17.5. The highest BCUT2D eigenvalue weighted by Crippen LogP contribution is 2.35. The third kappa shape index (κ3) is 4.81. The molecule has 1 amide bonds. The number of halogens is 1. The molecule has 2 fully saturated rings. The Kier molecular flexibility index (Phi) is 6.64. The molecule has 0 radical (unpaired) electrons. The standard InChI is InChI=1S/C20H26ClN5O4/c1-26-5-4-24-17(26)11-25-18(27)7-13-6-15-20(29-13)19(28)16(30-15)10-23-9-12-8-22-3-2-14(12)21/h2-5,8,13,15-16,19-20,23,28H,6-7,9-11H2,1H3,(H,25,27)/t13-,15+,16+,19+,20-/m0/s1. The Balaban J connectivity index is 1.19. The van der Waals surface area contributed by atoms with Crippen LogP contribution in [0, 0.1) is 0 Å². The Bertz CT molecular complexity index is 878. The van der Waals surface area contributed by atoms with Crippen molar-refractivity contribution in [2.75, 3.05) is 6.54 Å². The summed E-state index contributed by atoms with van der Waals surface area (Å²) >= 11 is 6.12. The number of aliphatic hydroxyl groups excluding tert-OH is 1. The molecule has 10 heteroatoms.